The summed E-state index contributed by atoms with van der Waals surface area (Å²) in [6, 6.07) is -0.0535. The fourth-order valence-electron chi connectivity index (χ4n) is 2.83. The van der Waals surface area contributed by atoms with Crippen molar-refractivity contribution < 1.29 is 14.7 Å². The van der Waals surface area contributed by atoms with Crippen LogP contribution in [0.15, 0.2) is 6.20 Å². The summed E-state index contributed by atoms with van der Waals surface area (Å²) in [5.74, 6) is -1.14. The lowest BCUT2D eigenvalue weighted by molar-refractivity contribution is -0.143. The standard InChI is InChI=1S/C14H21N3O3/c1-4-12-11(8-16(3)15-12)13(18)17-6-5-10(14(19)20)7-9(17)2/h8-10H,4-7H2,1-3H3,(H,19,20). The SMILES string of the molecule is CCc1nn(C)cc1C(=O)N1CCC(C(=O)O)CC1C. The van der Waals surface area contributed by atoms with Gasteiger partial charge in [0.05, 0.1) is 17.2 Å². The number of hydrogen-bond acceptors (Lipinski definition) is 3. The van der Waals surface area contributed by atoms with Gasteiger partial charge in [-0.15, -0.1) is 0 Å². The van der Waals surface area contributed by atoms with Crippen molar-refractivity contribution >= 4 is 11.9 Å². The Morgan fingerprint density at radius 3 is 2.75 bits per heavy atom. The number of aromatic nitrogens is 2. The molecular weight excluding hydrogens is 258 g/mol. The summed E-state index contributed by atoms with van der Waals surface area (Å²) in [5.41, 5.74) is 1.43. The molecule has 20 heavy (non-hydrogen) atoms. The lowest BCUT2D eigenvalue weighted by Crippen LogP contribution is -2.46. The quantitative estimate of drug-likeness (QED) is 0.905. The van der Waals surface area contributed by atoms with Gasteiger partial charge in [-0.1, -0.05) is 6.92 Å². The maximum Gasteiger partial charge on any atom is 0.306 e. The molecule has 2 unspecified atom stereocenters. The molecule has 6 nitrogen and oxygen atoms in total. The highest BCUT2D eigenvalue weighted by atomic mass is 16.4. The molecule has 1 amide bonds. The molecule has 0 radical (unpaired) electrons. The molecule has 1 aliphatic heterocycles. The highest BCUT2D eigenvalue weighted by molar-refractivity contribution is 5.95. The van der Waals surface area contributed by atoms with Gasteiger partial charge in [-0.25, -0.2) is 0 Å². The Morgan fingerprint density at radius 1 is 1.50 bits per heavy atom. The molecule has 2 atom stereocenters. The van der Waals surface area contributed by atoms with E-state index >= 15 is 0 Å². The van der Waals surface area contributed by atoms with Crippen LogP contribution < -0.4 is 0 Å². The second kappa shape index (κ2) is 5.64. The van der Waals surface area contributed by atoms with Crippen molar-refractivity contribution in [3.8, 4) is 0 Å². The number of carboxylic acids is 1. The van der Waals surface area contributed by atoms with Gasteiger partial charge in [0, 0.05) is 25.8 Å². The van der Waals surface area contributed by atoms with E-state index in [1.54, 1.807) is 22.8 Å². The van der Waals surface area contributed by atoms with E-state index in [0.717, 1.165) is 5.69 Å². The van der Waals surface area contributed by atoms with Crippen LogP contribution in [-0.2, 0) is 18.3 Å². The zero-order valence-electron chi connectivity index (χ0n) is 12.2. The van der Waals surface area contributed by atoms with Gasteiger partial charge >= 0.3 is 5.97 Å². The molecular formula is C14H21N3O3. The van der Waals surface area contributed by atoms with E-state index in [4.69, 9.17) is 5.11 Å². The minimum atomic E-state index is -0.764. The van der Waals surface area contributed by atoms with E-state index in [-0.39, 0.29) is 17.9 Å². The fraction of sp³-hybridized carbons (Fsp3) is 0.643. The molecule has 1 N–H and O–H groups in total. The molecule has 1 aromatic heterocycles. The first kappa shape index (κ1) is 14.6. The van der Waals surface area contributed by atoms with E-state index in [1.165, 1.54) is 0 Å². The van der Waals surface area contributed by atoms with Gasteiger partial charge in [-0.3, -0.25) is 14.3 Å². The monoisotopic (exact) mass is 279 g/mol. The number of piperidine rings is 1. The Bertz CT molecular complexity index is 524. The number of carboxylic acid groups (broad SMARTS) is 1. The van der Waals surface area contributed by atoms with Crippen molar-refractivity contribution in [3.05, 3.63) is 17.5 Å². The average molecular weight is 279 g/mol. The van der Waals surface area contributed by atoms with E-state index in [9.17, 15) is 9.59 Å². The minimum Gasteiger partial charge on any atom is -0.481 e. The zero-order valence-corrected chi connectivity index (χ0v) is 12.2. The van der Waals surface area contributed by atoms with Crippen LogP contribution >= 0.6 is 0 Å². The summed E-state index contributed by atoms with van der Waals surface area (Å²) in [5, 5.41) is 13.4. The minimum absolute atomic E-state index is 0.0358. The lowest BCUT2D eigenvalue weighted by Gasteiger charge is -2.36. The Kier molecular flexibility index (Phi) is 4.11. The number of rotatable bonds is 3. The third kappa shape index (κ3) is 2.69. The van der Waals surface area contributed by atoms with E-state index in [2.05, 4.69) is 5.10 Å². The van der Waals surface area contributed by atoms with Crippen molar-refractivity contribution in [1.29, 1.82) is 0 Å². The molecule has 1 aromatic rings. The maximum absolute atomic E-state index is 12.6. The Hall–Kier alpha value is -1.85. The summed E-state index contributed by atoms with van der Waals surface area (Å²) in [6.07, 6.45) is 3.50. The lowest BCUT2D eigenvalue weighted by atomic mass is 9.91. The highest BCUT2D eigenvalue weighted by Crippen LogP contribution is 2.25. The summed E-state index contributed by atoms with van der Waals surface area (Å²) < 4.78 is 1.65. The second-order valence-electron chi connectivity index (χ2n) is 5.42. The van der Waals surface area contributed by atoms with Crippen molar-refractivity contribution in [2.24, 2.45) is 13.0 Å². The van der Waals surface area contributed by atoms with Crippen molar-refractivity contribution in [2.75, 3.05) is 6.54 Å². The average Bonchev–Trinajstić information content (AvgIpc) is 2.79. The van der Waals surface area contributed by atoms with Crippen molar-refractivity contribution in [1.82, 2.24) is 14.7 Å². The number of nitrogens with zero attached hydrogens (tertiary/aromatic N) is 3. The van der Waals surface area contributed by atoms with Crippen LogP contribution in [-0.4, -0.2) is 44.3 Å². The first-order chi connectivity index (χ1) is 9.43. The molecule has 1 saturated heterocycles. The molecule has 2 rings (SSSR count). The normalized spacial score (nSPS) is 22.9. The van der Waals surface area contributed by atoms with Gasteiger partial charge in [-0.05, 0) is 26.2 Å². The molecule has 0 aliphatic carbocycles. The van der Waals surface area contributed by atoms with Gasteiger partial charge in [0.2, 0.25) is 0 Å². The third-order valence-corrected chi connectivity index (χ3v) is 3.96. The molecule has 0 saturated carbocycles. The summed E-state index contributed by atoms with van der Waals surface area (Å²) in [7, 11) is 1.80. The van der Waals surface area contributed by atoms with Crippen LogP contribution in [0.3, 0.4) is 0 Å². The van der Waals surface area contributed by atoms with Crippen LogP contribution in [0.25, 0.3) is 0 Å². The predicted octanol–water partition coefficient (Wildman–Crippen LogP) is 1.31. The number of aryl methyl sites for hydroxylation is 2. The summed E-state index contributed by atoms with van der Waals surface area (Å²) >= 11 is 0. The molecule has 2 heterocycles. The first-order valence-corrected chi connectivity index (χ1v) is 7.00. The Labute approximate surface area is 118 Å². The number of carbonyl (C=O) groups excluding carboxylic acids is 1. The van der Waals surface area contributed by atoms with Crippen LogP contribution in [0.5, 0.6) is 0 Å². The first-order valence-electron chi connectivity index (χ1n) is 7.00. The van der Waals surface area contributed by atoms with Crippen molar-refractivity contribution in [3.63, 3.8) is 0 Å². The fourth-order valence-corrected chi connectivity index (χ4v) is 2.83. The van der Waals surface area contributed by atoms with E-state index < -0.39 is 5.97 Å². The molecule has 0 spiro atoms. The van der Waals surface area contributed by atoms with Gasteiger partial charge in [0.15, 0.2) is 0 Å². The number of hydrogen-bond donors (Lipinski definition) is 1. The number of aliphatic carboxylic acids is 1. The van der Waals surface area contributed by atoms with Crippen LogP contribution in [0.1, 0.15) is 42.7 Å². The molecule has 110 valence electrons. The van der Waals surface area contributed by atoms with Gasteiger partial charge < -0.3 is 10.0 Å². The molecule has 1 fully saturated rings. The molecule has 0 bridgehead atoms. The summed E-state index contributed by atoms with van der Waals surface area (Å²) in [6.45, 7) is 4.38. The van der Waals surface area contributed by atoms with Gasteiger partial charge in [0.25, 0.3) is 5.91 Å². The van der Waals surface area contributed by atoms with Gasteiger partial charge in [-0.2, -0.15) is 5.10 Å². The number of likely N-dealkylation sites (tertiary alicyclic amines) is 1. The molecule has 6 heteroatoms. The Morgan fingerprint density at radius 2 is 2.20 bits per heavy atom. The predicted molar refractivity (Wildman–Crippen MR) is 73.4 cm³/mol. The van der Waals surface area contributed by atoms with Crippen LogP contribution in [0.4, 0.5) is 0 Å². The van der Waals surface area contributed by atoms with Gasteiger partial charge in [0.1, 0.15) is 0 Å². The van der Waals surface area contributed by atoms with Crippen LogP contribution in [0.2, 0.25) is 0 Å². The number of carbonyl (C=O) groups is 2. The smallest absolute Gasteiger partial charge is 0.306 e. The zero-order chi connectivity index (χ0) is 14.9. The summed E-state index contributed by atoms with van der Waals surface area (Å²) in [4.78, 5) is 25.4. The third-order valence-electron chi connectivity index (χ3n) is 3.96. The number of amides is 1. The second-order valence-corrected chi connectivity index (χ2v) is 5.42. The Balaban J connectivity index is 2.15. The van der Waals surface area contributed by atoms with E-state index in [0.29, 0.717) is 31.4 Å². The molecule has 1 aliphatic rings. The van der Waals surface area contributed by atoms with Crippen molar-refractivity contribution in [2.45, 2.75) is 39.2 Å². The molecule has 0 aromatic carbocycles. The highest BCUT2D eigenvalue weighted by Gasteiger charge is 2.33. The van der Waals surface area contributed by atoms with E-state index in [1.807, 2.05) is 13.8 Å². The topological polar surface area (TPSA) is 75.4 Å². The van der Waals surface area contributed by atoms with Crippen LogP contribution in [0, 0.1) is 5.92 Å². The largest absolute Gasteiger partial charge is 0.481 e. The maximum atomic E-state index is 12.6.